The molecule has 10 heteroatoms. The summed E-state index contributed by atoms with van der Waals surface area (Å²) in [4.78, 5) is 20.8. The molecule has 0 bridgehead atoms. The molecule has 0 aliphatic carbocycles. The maximum absolute atomic E-state index is 13.9. The highest BCUT2D eigenvalue weighted by atomic mass is 32.1. The Hall–Kier alpha value is -2.66. The fourth-order valence-corrected chi connectivity index (χ4v) is 5.10. The molecule has 33 heavy (non-hydrogen) atoms. The Morgan fingerprint density at radius 3 is 2.82 bits per heavy atom. The van der Waals surface area contributed by atoms with Crippen molar-refractivity contribution in [2.45, 2.75) is 12.5 Å². The molecular formula is C23H26FN5O3S. The third kappa shape index (κ3) is 4.98. The first-order chi connectivity index (χ1) is 16.2. The zero-order valence-corrected chi connectivity index (χ0v) is 19.0. The van der Waals surface area contributed by atoms with Crippen LogP contribution in [0.2, 0.25) is 0 Å². The predicted molar refractivity (Wildman–Crippen MR) is 122 cm³/mol. The summed E-state index contributed by atoms with van der Waals surface area (Å²) in [7, 11) is 0. The lowest BCUT2D eigenvalue weighted by molar-refractivity contribution is 0.00164. The van der Waals surface area contributed by atoms with Crippen molar-refractivity contribution >= 4 is 17.2 Å². The van der Waals surface area contributed by atoms with E-state index in [1.54, 1.807) is 12.1 Å². The van der Waals surface area contributed by atoms with E-state index in [2.05, 4.69) is 20.3 Å². The first-order valence-corrected chi connectivity index (χ1v) is 12.0. The molecule has 4 heterocycles. The number of hydrogen-bond acceptors (Lipinski definition) is 7. The zero-order chi connectivity index (χ0) is 22.6. The molecule has 2 fully saturated rings. The first-order valence-electron chi connectivity index (χ1n) is 11.1. The molecule has 2 saturated heterocycles. The second-order valence-electron chi connectivity index (χ2n) is 8.18. The fraction of sp³-hybridized carbons (Fsp3) is 0.435. The van der Waals surface area contributed by atoms with Crippen LogP contribution in [0, 0.1) is 11.7 Å². The van der Waals surface area contributed by atoms with Gasteiger partial charge in [0.15, 0.2) is 5.82 Å². The molecule has 0 radical (unpaired) electrons. The number of aromatic nitrogens is 3. The average molecular weight is 472 g/mol. The van der Waals surface area contributed by atoms with E-state index in [-0.39, 0.29) is 23.6 Å². The van der Waals surface area contributed by atoms with E-state index >= 15 is 0 Å². The van der Waals surface area contributed by atoms with Crippen molar-refractivity contribution < 1.29 is 18.7 Å². The van der Waals surface area contributed by atoms with E-state index in [0.29, 0.717) is 43.8 Å². The molecule has 2 unspecified atom stereocenters. The Balaban J connectivity index is 1.37. The van der Waals surface area contributed by atoms with Crippen molar-refractivity contribution in [2.24, 2.45) is 5.92 Å². The fourth-order valence-electron chi connectivity index (χ4n) is 4.40. The quantitative estimate of drug-likeness (QED) is 0.571. The van der Waals surface area contributed by atoms with Gasteiger partial charge in [-0.1, -0.05) is 12.1 Å². The highest BCUT2D eigenvalue weighted by Gasteiger charge is 2.32. The number of halogens is 1. The molecule has 174 valence electrons. The zero-order valence-electron chi connectivity index (χ0n) is 18.2. The number of amides is 1. The monoisotopic (exact) mass is 471 g/mol. The van der Waals surface area contributed by atoms with E-state index in [1.807, 2.05) is 17.5 Å². The Morgan fingerprint density at radius 2 is 2.09 bits per heavy atom. The third-order valence-electron chi connectivity index (χ3n) is 6.10. The van der Waals surface area contributed by atoms with Crippen LogP contribution in [0.3, 0.4) is 0 Å². The number of morpholine rings is 1. The number of thiophene rings is 1. The van der Waals surface area contributed by atoms with E-state index in [1.165, 1.54) is 28.2 Å². The van der Waals surface area contributed by atoms with Crippen molar-refractivity contribution in [1.82, 2.24) is 25.0 Å². The maximum atomic E-state index is 13.9. The van der Waals surface area contributed by atoms with Gasteiger partial charge in [0.2, 0.25) is 5.82 Å². The summed E-state index contributed by atoms with van der Waals surface area (Å²) in [6.07, 6.45) is 0.979. The minimum absolute atomic E-state index is 0.0612. The van der Waals surface area contributed by atoms with Crippen LogP contribution in [-0.2, 0) is 9.47 Å². The highest BCUT2D eigenvalue weighted by molar-refractivity contribution is 7.13. The highest BCUT2D eigenvalue weighted by Crippen LogP contribution is 2.26. The van der Waals surface area contributed by atoms with Crippen LogP contribution in [0.4, 0.5) is 4.39 Å². The van der Waals surface area contributed by atoms with Crippen LogP contribution >= 0.6 is 11.3 Å². The smallest absolute Gasteiger partial charge is 0.291 e. The third-order valence-corrected chi connectivity index (χ3v) is 6.97. The molecular weight excluding hydrogens is 445 g/mol. The van der Waals surface area contributed by atoms with Gasteiger partial charge in [-0.15, -0.1) is 16.4 Å². The van der Waals surface area contributed by atoms with Crippen molar-refractivity contribution in [2.75, 3.05) is 46.1 Å². The Labute approximate surface area is 195 Å². The summed E-state index contributed by atoms with van der Waals surface area (Å²) in [6.45, 7) is 5.01. The molecule has 1 aromatic carbocycles. The van der Waals surface area contributed by atoms with Crippen LogP contribution in [0.15, 0.2) is 41.8 Å². The Morgan fingerprint density at radius 1 is 1.21 bits per heavy atom. The number of benzene rings is 1. The molecule has 1 amide bonds. The second-order valence-corrected chi connectivity index (χ2v) is 9.13. The van der Waals surface area contributed by atoms with Gasteiger partial charge in [0, 0.05) is 38.2 Å². The minimum Gasteiger partial charge on any atom is -0.381 e. The molecule has 1 N–H and O–H groups in total. The van der Waals surface area contributed by atoms with E-state index in [9.17, 15) is 9.18 Å². The summed E-state index contributed by atoms with van der Waals surface area (Å²) in [5.41, 5.74) is 0.513. The normalized spacial score (nSPS) is 20.1. The van der Waals surface area contributed by atoms with Gasteiger partial charge in [-0.05, 0) is 36.1 Å². The van der Waals surface area contributed by atoms with Crippen LogP contribution in [-0.4, -0.2) is 77.7 Å². The summed E-state index contributed by atoms with van der Waals surface area (Å²) < 4.78 is 26.5. The number of carbonyl (C=O) groups excluding carboxylic acids is 1. The molecule has 2 aliphatic heterocycles. The predicted octanol–water partition coefficient (Wildman–Crippen LogP) is 2.60. The molecule has 2 aromatic heterocycles. The Bertz CT molecular complexity index is 1080. The largest absolute Gasteiger partial charge is 0.381 e. The van der Waals surface area contributed by atoms with Crippen molar-refractivity contribution in [3.8, 4) is 16.4 Å². The molecule has 8 nitrogen and oxygen atoms in total. The van der Waals surface area contributed by atoms with Gasteiger partial charge in [0.05, 0.1) is 30.4 Å². The Kier molecular flexibility index (Phi) is 6.77. The van der Waals surface area contributed by atoms with Crippen molar-refractivity contribution in [3.63, 3.8) is 0 Å². The molecule has 2 aliphatic rings. The van der Waals surface area contributed by atoms with Gasteiger partial charge in [-0.3, -0.25) is 9.69 Å². The van der Waals surface area contributed by atoms with E-state index in [0.717, 1.165) is 31.0 Å². The van der Waals surface area contributed by atoms with Crippen molar-refractivity contribution in [3.05, 3.63) is 53.4 Å². The van der Waals surface area contributed by atoms with Gasteiger partial charge >= 0.3 is 0 Å². The topological polar surface area (TPSA) is 81.5 Å². The lowest BCUT2D eigenvalue weighted by Crippen LogP contribution is -2.52. The summed E-state index contributed by atoms with van der Waals surface area (Å²) in [5.74, 6) is 0.210. The van der Waals surface area contributed by atoms with Gasteiger partial charge < -0.3 is 14.8 Å². The SMILES string of the molecule is O=C(NCC(C1CCOC1)N1CCOCC1)c1nc(-c2cccs2)n(-c2cccc(F)c2)n1. The molecule has 2 atom stereocenters. The average Bonchev–Trinajstić information content (AvgIpc) is 3.61. The summed E-state index contributed by atoms with van der Waals surface area (Å²) >= 11 is 1.49. The number of hydrogen-bond donors (Lipinski definition) is 1. The lowest BCUT2D eigenvalue weighted by Gasteiger charge is -2.37. The van der Waals surface area contributed by atoms with Crippen LogP contribution in [0.1, 0.15) is 17.0 Å². The maximum Gasteiger partial charge on any atom is 0.291 e. The molecule has 5 rings (SSSR count). The van der Waals surface area contributed by atoms with Gasteiger partial charge in [0.25, 0.3) is 5.91 Å². The summed E-state index contributed by atoms with van der Waals surface area (Å²) in [6, 6.07) is 10.1. The van der Waals surface area contributed by atoms with Crippen LogP contribution < -0.4 is 5.32 Å². The summed E-state index contributed by atoms with van der Waals surface area (Å²) in [5, 5.41) is 9.40. The molecule has 0 saturated carbocycles. The number of carbonyl (C=O) groups is 1. The number of nitrogens with zero attached hydrogens (tertiary/aromatic N) is 4. The number of nitrogens with one attached hydrogen (secondary N) is 1. The van der Waals surface area contributed by atoms with Crippen molar-refractivity contribution in [1.29, 1.82) is 0 Å². The van der Waals surface area contributed by atoms with Crippen LogP contribution in [0.5, 0.6) is 0 Å². The van der Waals surface area contributed by atoms with Gasteiger partial charge in [0.1, 0.15) is 5.82 Å². The molecule has 3 aromatic rings. The first kappa shape index (κ1) is 22.1. The molecule has 0 spiro atoms. The van der Waals surface area contributed by atoms with E-state index < -0.39 is 0 Å². The van der Waals surface area contributed by atoms with Gasteiger partial charge in [-0.2, -0.15) is 0 Å². The number of rotatable bonds is 7. The minimum atomic E-state index is -0.377. The lowest BCUT2D eigenvalue weighted by atomic mass is 9.97. The van der Waals surface area contributed by atoms with Gasteiger partial charge in [-0.25, -0.2) is 14.1 Å². The standard InChI is InChI=1S/C23H26FN5O3S/c24-17-3-1-4-18(13-17)29-22(20-5-2-12-33-20)26-21(27-29)23(30)25-14-19(16-6-9-32-15-16)28-7-10-31-11-8-28/h1-5,12-13,16,19H,6-11,14-15H2,(H,25,30). The second kappa shape index (κ2) is 10.1. The van der Waals surface area contributed by atoms with E-state index in [4.69, 9.17) is 9.47 Å². The van der Waals surface area contributed by atoms with Crippen LogP contribution in [0.25, 0.3) is 16.4 Å². The number of ether oxygens (including phenoxy) is 2.